The Labute approximate surface area is 137 Å². The van der Waals surface area contributed by atoms with E-state index in [2.05, 4.69) is 34.6 Å². The van der Waals surface area contributed by atoms with Gasteiger partial charge in [0.2, 0.25) is 0 Å². The van der Waals surface area contributed by atoms with E-state index < -0.39 is 0 Å². The van der Waals surface area contributed by atoms with Crippen LogP contribution in [0.2, 0.25) is 0 Å². The first-order valence-corrected chi connectivity index (χ1v) is 9.39. The molecule has 0 radical (unpaired) electrons. The lowest BCUT2D eigenvalue weighted by Crippen LogP contribution is -2.36. The smallest absolute Gasteiger partial charge is 0.319 e. The zero-order valence-electron chi connectivity index (χ0n) is 13.2. The first-order valence-electron chi connectivity index (χ1n) is 8.23. The molecule has 2 aliphatic rings. The Morgan fingerprint density at radius 1 is 1.23 bits per heavy atom. The van der Waals surface area contributed by atoms with Crippen LogP contribution in [0.5, 0.6) is 0 Å². The molecule has 3 rings (SSSR count). The lowest BCUT2D eigenvalue weighted by molar-refractivity contribution is 0.248. The van der Waals surface area contributed by atoms with E-state index >= 15 is 0 Å². The molecule has 0 aromatic heterocycles. The van der Waals surface area contributed by atoms with Gasteiger partial charge in [-0.3, -0.25) is 0 Å². The van der Waals surface area contributed by atoms with Crippen molar-refractivity contribution in [3.8, 4) is 0 Å². The van der Waals surface area contributed by atoms with E-state index in [1.54, 1.807) is 0 Å². The summed E-state index contributed by atoms with van der Waals surface area (Å²) in [5.74, 6) is 2.40. The van der Waals surface area contributed by atoms with Gasteiger partial charge in [0.25, 0.3) is 0 Å². The molecule has 1 aromatic carbocycles. The first kappa shape index (κ1) is 15.5. The van der Waals surface area contributed by atoms with Crippen molar-refractivity contribution in [1.29, 1.82) is 0 Å². The maximum absolute atomic E-state index is 12.0. The molecule has 1 aliphatic carbocycles. The van der Waals surface area contributed by atoms with E-state index in [0.29, 0.717) is 6.04 Å². The number of nitrogens with one attached hydrogen (secondary N) is 2. The van der Waals surface area contributed by atoms with Gasteiger partial charge in [-0.15, -0.1) is 0 Å². The Balaban J connectivity index is 1.59. The number of benzene rings is 1. The molecular formula is C17H25N3OS. The van der Waals surface area contributed by atoms with Crippen molar-refractivity contribution >= 4 is 29.2 Å². The molecule has 1 aliphatic heterocycles. The second-order valence-electron chi connectivity index (χ2n) is 6.18. The fraction of sp³-hybridized carbons (Fsp3) is 0.588. The SMILES string of the molecule is Cc1cc(NC(=O)NC2CCCC2)ccc1N1CCSCC1. The number of urea groups is 1. The summed E-state index contributed by atoms with van der Waals surface area (Å²) >= 11 is 2.02. The molecule has 1 saturated heterocycles. The number of hydrogen-bond donors (Lipinski definition) is 2. The van der Waals surface area contributed by atoms with Crippen molar-refractivity contribution in [3.63, 3.8) is 0 Å². The van der Waals surface area contributed by atoms with Crippen molar-refractivity contribution < 1.29 is 4.79 Å². The lowest BCUT2D eigenvalue weighted by Gasteiger charge is -2.30. The highest BCUT2D eigenvalue weighted by molar-refractivity contribution is 7.99. The van der Waals surface area contributed by atoms with Gasteiger partial charge in [-0.25, -0.2) is 4.79 Å². The number of rotatable bonds is 3. The summed E-state index contributed by atoms with van der Waals surface area (Å²) in [6.45, 7) is 4.35. The van der Waals surface area contributed by atoms with E-state index in [1.165, 1.54) is 35.6 Å². The molecule has 2 N–H and O–H groups in total. The zero-order chi connectivity index (χ0) is 15.4. The molecule has 120 valence electrons. The first-order chi connectivity index (χ1) is 10.7. The molecule has 5 heteroatoms. The van der Waals surface area contributed by atoms with E-state index in [1.807, 2.05) is 17.8 Å². The zero-order valence-corrected chi connectivity index (χ0v) is 14.0. The van der Waals surface area contributed by atoms with Crippen molar-refractivity contribution in [2.75, 3.05) is 34.8 Å². The minimum atomic E-state index is -0.0755. The molecule has 0 bridgehead atoms. The van der Waals surface area contributed by atoms with Crippen molar-refractivity contribution in [3.05, 3.63) is 23.8 Å². The molecule has 0 atom stereocenters. The number of aryl methyl sites for hydroxylation is 1. The molecular weight excluding hydrogens is 294 g/mol. The van der Waals surface area contributed by atoms with Gasteiger partial charge in [-0.1, -0.05) is 12.8 Å². The average molecular weight is 319 g/mol. The second kappa shape index (κ2) is 7.27. The van der Waals surface area contributed by atoms with Crippen LogP contribution in [0, 0.1) is 6.92 Å². The van der Waals surface area contributed by atoms with Gasteiger partial charge in [-0.05, 0) is 43.5 Å². The summed E-state index contributed by atoms with van der Waals surface area (Å²) < 4.78 is 0. The van der Waals surface area contributed by atoms with Crippen LogP contribution in [0.15, 0.2) is 18.2 Å². The molecule has 2 amide bonds. The number of anilines is 2. The van der Waals surface area contributed by atoms with Crippen LogP contribution >= 0.6 is 11.8 Å². The van der Waals surface area contributed by atoms with Gasteiger partial charge in [0.15, 0.2) is 0 Å². The van der Waals surface area contributed by atoms with Crippen molar-refractivity contribution in [2.45, 2.75) is 38.6 Å². The van der Waals surface area contributed by atoms with Crippen molar-refractivity contribution in [1.82, 2.24) is 5.32 Å². The van der Waals surface area contributed by atoms with Crippen LogP contribution < -0.4 is 15.5 Å². The fourth-order valence-electron chi connectivity index (χ4n) is 3.32. The molecule has 1 heterocycles. The van der Waals surface area contributed by atoms with Gasteiger partial charge in [-0.2, -0.15) is 11.8 Å². The average Bonchev–Trinajstić information content (AvgIpc) is 3.01. The van der Waals surface area contributed by atoms with Gasteiger partial charge < -0.3 is 15.5 Å². The molecule has 0 spiro atoms. The van der Waals surface area contributed by atoms with E-state index in [9.17, 15) is 4.79 Å². The number of thioether (sulfide) groups is 1. The van der Waals surface area contributed by atoms with Crippen LogP contribution in [0.1, 0.15) is 31.2 Å². The third-order valence-corrected chi connectivity index (χ3v) is 5.44. The predicted octanol–water partition coefficient (Wildman–Crippen LogP) is 3.61. The molecule has 1 aromatic rings. The predicted molar refractivity (Wildman–Crippen MR) is 95.1 cm³/mol. The summed E-state index contributed by atoms with van der Waals surface area (Å²) in [6, 6.07) is 6.50. The van der Waals surface area contributed by atoms with Gasteiger partial charge in [0, 0.05) is 42.0 Å². The molecule has 1 saturated carbocycles. The fourth-order valence-corrected chi connectivity index (χ4v) is 4.22. The van der Waals surface area contributed by atoms with Crippen LogP contribution in [0.25, 0.3) is 0 Å². The maximum Gasteiger partial charge on any atom is 0.319 e. The third kappa shape index (κ3) is 3.88. The highest BCUT2D eigenvalue weighted by atomic mass is 32.2. The number of amides is 2. The number of carbonyl (C=O) groups excluding carboxylic acids is 1. The van der Waals surface area contributed by atoms with E-state index in [-0.39, 0.29) is 6.03 Å². The molecule has 22 heavy (non-hydrogen) atoms. The monoisotopic (exact) mass is 319 g/mol. The van der Waals surface area contributed by atoms with Gasteiger partial charge in [0.1, 0.15) is 0 Å². The summed E-state index contributed by atoms with van der Waals surface area (Å²) in [7, 11) is 0. The summed E-state index contributed by atoms with van der Waals surface area (Å²) in [5.41, 5.74) is 3.40. The van der Waals surface area contributed by atoms with Crippen LogP contribution in [-0.4, -0.2) is 36.7 Å². The van der Waals surface area contributed by atoms with Gasteiger partial charge >= 0.3 is 6.03 Å². The molecule has 2 fully saturated rings. The largest absolute Gasteiger partial charge is 0.370 e. The van der Waals surface area contributed by atoms with Gasteiger partial charge in [0.05, 0.1) is 0 Å². The molecule has 0 unspecified atom stereocenters. The minimum Gasteiger partial charge on any atom is -0.370 e. The number of hydrogen-bond acceptors (Lipinski definition) is 3. The topological polar surface area (TPSA) is 44.4 Å². The maximum atomic E-state index is 12.0. The standard InChI is InChI=1S/C17H25N3OS/c1-13-12-15(19-17(21)18-14-4-2-3-5-14)6-7-16(13)20-8-10-22-11-9-20/h6-7,12,14H,2-5,8-11H2,1H3,(H2,18,19,21). The van der Waals surface area contributed by atoms with E-state index in [4.69, 9.17) is 0 Å². The minimum absolute atomic E-state index is 0.0755. The third-order valence-electron chi connectivity index (χ3n) is 4.50. The number of nitrogens with zero attached hydrogens (tertiary/aromatic N) is 1. The lowest BCUT2D eigenvalue weighted by atomic mass is 10.1. The Morgan fingerprint density at radius 3 is 2.64 bits per heavy atom. The Hall–Kier alpha value is -1.36. The second-order valence-corrected chi connectivity index (χ2v) is 7.41. The highest BCUT2D eigenvalue weighted by Crippen LogP contribution is 2.26. The normalized spacial score (nSPS) is 19.2. The quantitative estimate of drug-likeness (QED) is 0.894. The van der Waals surface area contributed by atoms with Crippen LogP contribution in [0.3, 0.4) is 0 Å². The Morgan fingerprint density at radius 2 is 1.95 bits per heavy atom. The molecule has 4 nitrogen and oxygen atoms in total. The number of carbonyl (C=O) groups is 1. The van der Waals surface area contributed by atoms with Crippen LogP contribution in [-0.2, 0) is 0 Å². The van der Waals surface area contributed by atoms with Crippen LogP contribution in [0.4, 0.5) is 16.2 Å². The Kier molecular flexibility index (Phi) is 5.13. The van der Waals surface area contributed by atoms with Crippen molar-refractivity contribution in [2.24, 2.45) is 0 Å². The summed E-state index contributed by atoms with van der Waals surface area (Å²) in [4.78, 5) is 14.5. The highest BCUT2D eigenvalue weighted by Gasteiger charge is 2.17. The Bertz CT molecular complexity index is 523. The summed E-state index contributed by atoms with van der Waals surface area (Å²) in [6.07, 6.45) is 4.68. The summed E-state index contributed by atoms with van der Waals surface area (Å²) in [5, 5.41) is 6.03. The van der Waals surface area contributed by atoms with E-state index in [0.717, 1.165) is 31.6 Å².